The summed E-state index contributed by atoms with van der Waals surface area (Å²) in [6, 6.07) is 8.96. The van der Waals surface area contributed by atoms with Gasteiger partial charge >= 0.3 is 0 Å². The lowest BCUT2D eigenvalue weighted by Crippen LogP contribution is -2.23. The molecule has 1 heterocycles. The molecule has 1 aromatic carbocycles. The van der Waals surface area contributed by atoms with E-state index in [1.165, 1.54) is 11.1 Å². The van der Waals surface area contributed by atoms with E-state index in [2.05, 4.69) is 41.6 Å². The minimum Gasteiger partial charge on any atom is -0.311 e. The van der Waals surface area contributed by atoms with Gasteiger partial charge in [-0.1, -0.05) is 42.8 Å². The summed E-state index contributed by atoms with van der Waals surface area (Å²) in [5.41, 5.74) is 3.63. The van der Waals surface area contributed by atoms with E-state index in [1.807, 2.05) is 18.7 Å². The molecule has 0 aliphatic heterocycles. The van der Waals surface area contributed by atoms with Crippen LogP contribution in [-0.4, -0.2) is 16.8 Å². The van der Waals surface area contributed by atoms with Crippen LogP contribution >= 0.6 is 11.6 Å². The SMILES string of the molecule is CCc1ccc(C(Cn2ncc(Cl)c2C)NC)cc1. The fourth-order valence-electron chi connectivity index (χ4n) is 2.13. The number of hydrogen-bond donors (Lipinski definition) is 1. The predicted octanol–water partition coefficient (Wildman–Crippen LogP) is 3.37. The number of aryl methyl sites for hydroxylation is 1. The number of rotatable bonds is 5. The van der Waals surface area contributed by atoms with E-state index in [4.69, 9.17) is 11.6 Å². The second-order valence-electron chi connectivity index (χ2n) is 4.70. The van der Waals surface area contributed by atoms with Crippen LogP contribution in [-0.2, 0) is 13.0 Å². The van der Waals surface area contributed by atoms with Gasteiger partial charge in [-0.05, 0) is 31.5 Å². The van der Waals surface area contributed by atoms with Gasteiger partial charge in [0.2, 0.25) is 0 Å². The zero-order valence-electron chi connectivity index (χ0n) is 11.7. The molecule has 0 aliphatic carbocycles. The molecule has 2 aromatic rings. The predicted molar refractivity (Wildman–Crippen MR) is 79.6 cm³/mol. The van der Waals surface area contributed by atoms with Crippen molar-refractivity contribution < 1.29 is 0 Å². The molecule has 0 aliphatic rings. The van der Waals surface area contributed by atoms with E-state index in [0.717, 1.165) is 23.7 Å². The highest BCUT2D eigenvalue weighted by Gasteiger charge is 2.12. The fraction of sp³-hybridized carbons (Fsp3) is 0.400. The van der Waals surface area contributed by atoms with E-state index in [0.29, 0.717) is 0 Å². The maximum atomic E-state index is 6.04. The first-order chi connectivity index (χ1) is 9.15. The molecule has 1 atom stereocenters. The Kier molecular flexibility index (Phi) is 4.61. The quantitative estimate of drug-likeness (QED) is 0.908. The van der Waals surface area contributed by atoms with Crippen LogP contribution in [0.1, 0.15) is 29.8 Å². The van der Waals surface area contributed by atoms with E-state index in [9.17, 15) is 0 Å². The van der Waals surface area contributed by atoms with Crippen LogP contribution in [0.3, 0.4) is 0 Å². The summed E-state index contributed by atoms with van der Waals surface area (Å²) >= 11 is 6.04. The highest BCUT2D eigenvalue weighted by molar-refractivity contribution is 6.31. The minimum atomic E-state index is 0.237. The van der Waals surface area contributed by atoms with E-state index < -0.39 is 0 Å². The third kappa shape index (κ3) is 3.17. The average Bonchev–Trinajstić information content (AvgIpc) is 2.76. The molecule has 1 unspecified atom stereocenters. The summed E-state index contributed by atoms with van der Waals surface area (Å²) in [6.07, 6.45) is 2.77. The van der Waals surface area contributed by atoms with Crippen molar-refractivity contribution in [2.75, 3.05) is 7.05 Å². The maximum absolute atomic E-state index is 6.04. The Morgan fingerprint density at radius 1 is 1.32 bits per heavy atom. The van der Waals surface area contributed by atoms with Gasteiger partial charge in [-0.3, -0.25) is 4.68 Å². The Hall–Kier alpha value is -1.32. The Morgan fingerprint density at radius 3 is 2.47 bits per heavy atom. The number of benzene rings is 1. The number of hydrogen-bond acceptors (Lipinski definition) is 2. The van der Waals surface area contributed by atoms with Crippen LogP contribution in [0, 0.1) is 6.92 Å². The number of aromatic nitrogens is 2. The van der Waals surface area contributed by atoms with Crippen molar-refractivity contribution in [1.29, 1.82) is 0 Å². The molecule has 0 saturated heterocycles. The lowest BCUT2D eigenvalue weighted by atomic mass is 10.0. The molecule has 1 aromatic heterocycles. The van der Waals surface area contributed by atoms with Gasteiger partial charge in [-0.15, -0.1) is 0 Å². The van der Waals surface area contributed by atoms with Crippen LogP contribution in [0.15, 0.2) is 30.5 Å². The topological polar surface area (TPSA) is 29.9 Å². The molecule has 0 fully saturated rings. The smallest absolute Gasteiger partial charge is 0.0814 e. The van der Waals surface area contributed by atoms with Gasteiger partial charge in [0, 0.05) is 0 Å². The molecule has 4 heteroatoms. The van der Waals surface area contributed by atoms with Crippen LogP contribution in [0.5, 0.6) is 0 Å². The lowest BCUT2D eigenvalue weighted by Gasteiger charge is -2.18. The van der Waals surface area contributed by atoms with Crippen molar-refractivity contribution >= 4 is 11.6 Å². The molecule has 19 heavy (non-hydrogen) atoms. The number of likely N-dealkylation sites (N-methyl/N-ethyl adjacent to an activating group) is 1. The summed E-state index contributed by atoms with van der Waals surface area (Å²) < 4.78 is 1.94. The second kappa shape index (κ2) is 6.22. The van der Waals surface area contributed by atoms with Gasteiger partial charge in [0.25, 0.3) is 0 Å². The highest BCUT2D eigenvalue weighted by Crippen LogP contribution is 2.19. The first-order valence-corrected chi connectivity index (χ1v) is 6.97. The maximum Gasteiger partial charge on any atom is 0.0814 e. The summed E-state index contributed by atoms with van der Waals surface area (Å²) in [5.74, 6) is 0. The third-order valence-electron chi connectivity index (χ3n) is 3.54. The van der Waals surface area contributed by atoms with Gasteiger partial charge in [0.15, 0.2) is 0 Å². The molecule has 0 radical (unpaired) electrons. The van der Waals surface area contributed by atoms with Crippen molar-refractivity contribution in [3.05, 3.63) is 52.3 Å². The van der Waals surface area contributed by atoms with Crippen molar-refractivity contribution in [2.45, 2.75) is 32.9 Å². The van der Waals surface area contributed by atoms with Gasteiger partial charge < -0.3 is 5.32 Å². The molecule has 0 saturated carbocycles. The fourth-order valence-corrected chi connectivity index (χ4v) is 2.27. The zero-order valence-corrected chi connectivity index (χ0v) is 12.4. The molecule has 102 valence electrons. The molecule has 2 rings (SSSR count). The number of nitrogens with zero attached hydrogens (tertiary/aromatic N) is 2. The van der Waals surface area contributed by atoms with Crippen LogP contribution in [0.4, 0.5) is 0 Å². The van der Waals surface area contributed by atoms with Gasteiger partial charge in [0.05, 0.1) is 29.5 Å². The molecule has 1 N–H and O–H groups in total. The van der Waals surface area contributed by atoms with Crippen molar-refractivity contribution in [3.63, 3.8) is 0 Å². The molecular weight excluding hydrogens is 258 g/mol. The summed E-state index contributed by atoms with van der Waals surface area (Å²) in [7, 11) is 1.97. The first kappa shape index (κ1) is 14.1. The van der Waals surface area contributed by atoms with E-state index in [-0.39, 0.29) is 6.04 Å². The van der Waals surface area contributed by atoms with E-state index >= 15 is 0 Å². The Morgan fingerprint density at radius 2 is 2.00 bits per heavy atom. The van der Waals surface area contributed by atoms with Crippen molar-refractivity contribution in [3.8, 4) is 0 Å². The molecule has 3 nitrogen and oxygen atoms in total. The largest absolute Gasteiger partial charge is 0.311 e. The second-order valence-corrected chi connectivity index (χ2v) is 5.10. The summed E-state index contributed by atoms with van der Waals surface area (Å²) in [6.45, 7) is 4.93. The van der Waals surface area contributed by atoms with Gasteiger partial charge in [-0.25, -0.2) is 0 Å². The standard InChI is InChI=1S/C15H20ClN3/c1-4-12-5-7-13(8-6-12)15(17-3)10-19-11(2)14(16)9-18-19/h5-9,15,17H,4,10H2,1-3H3. The Labute approximate surface area is 119 Å². The number of nitrogens with one attached hydrogen (secondary N) is 1. The van der Waals surface area contributed by atoms with Crippen molar-refractivity contribution in [1.82, 2.24) is 15.1 Å². The highest BCUT2D eigenvalue weighted by atomic mass is 35.5. The summed E-state index contributed by atoms with van der Waals surface area (Å²) in [4.78, 5) is 0. The Balaban J connectivity index is 2.17. The number of halogens is 1. The zero-order chi connectivity index (χ0) is 13.8. The molecule has 0 spiro atoms. The van der Waals surface area contributed by atoms with Crippen LogP contribution in [0.2, 0.25) is 5.02 Å². The van der Waals surface area contributed by atoms with Crippen molar-refractivity contribution in [2.24, 2.45) is 0 Å². The van der Waals surface area contributed by atoms with Crippen LogP contribution in [0.25, 0.3) is 0 Å². The lowest BCUT2D eigenvalue weighted by molar-refractivity contribution is 0.461. The Bertz CT molecular complexity index is 531. The molecule has 0 bridgehead atoms. The van der Waals surface area contributed by atoms with E-state index in [1.54, 1.807) is 6.20 Å². The first-order valence-electron chi connectivity index (χ1n) is 6.59. The normalized spacial score (nSPS) is 12.6. The molecular formula is C15H20ClN3. The average molecular weight is 278 g/mol. The third-order valence-corrected chi connectivity index (χ3v) is 3.91. The minimum absolute atomic E-state index is 0.237. The van der Waals surface area contributed by atoms with Crippen LogP contribution < -0.4 is 5.32 Å². The van der Waals surface area contributed by atoms with Gasteiger partial charge in [-0.2, -0.15) is 5.10 Å². The molecule has 0 amide bonds. The van der Waals surface area contributed by atoms with Gasteiger partial charge in [0.1, 0.15) is 0 Å². The summed E-state index contributed by atoms with van der Waals surface area (Å²) in [5, 5.41) is 8.36. The monoisotopic (exact) mass is 277 g/mol.